The Labute approximate surface area is 311 Å². The average Bonchev–Trinajstić information content (AvgIpc) is 3.61. The standard InChI is InChI=1S/C40H42N4O6S2/c1-25-35(24-51-40-44-43-26(2)52-40)49-38(50-36(25)30-17-15-28(23-45)16-18-30)33-14-8-13-32(21-33)31-12-7-11-29(19-31)22-41-39(47)42-34(37(46)48-3)20-27-9-5-4-6-10-27/h4-19,21,25,34-36,38,45H,20,22-24H2,1-3H3,(H2,41,42,47)/t25-,34-,35+,36+,38+/m0/s1. The Balaban J connectivity index is 1.15. The number of amides is 2. The van der Waals surface area contributed by atoms with Gasteiger partial charge in [0.15, 0.2) is 10.6 Å². The molecule has 0 unspecified atom stereocenters. The molecule has 0 bridgehead atoms. The van der Waals surface area contributed by atoms with Gasteiger partial charge in [-0.15, -0.1) is 10.2 Å². The second-order valence-electron chi connectivity index (χ2n) is 12.6. The molecule has 10 nitrogen and oxygen atoms in total. The molecule has 52 heavy (non-hydrogen) atoms. The number of aryl methyl sites for hydroxylation is 1. The summed E-state index contributed by atoms with van der Waals surface area (Å²) in [5, 5.41) is 24.6. The molecule has 0 aliphatic carbocycles. The molecule has 5 atom stereocenters. The van der Waals surface area contributed by atoms with Crippen LogP contribution in [0.5, 0.6) is 0 Å². The Morgan fingerprint density at radius 3 is 2.33 bits per heavy atom. The Hall–Kier alpha value is -4.59. The zero-order chi connectivity index (χ0) is 36.5. The fourth-order valence-electron chi connectivity index (χ4n) is 6.10. The van der Waals surface area contributed by atoms with Crippen LogP contribution in [-0.4, -0.2) is 52.3 Å². The van der Waals surface area contributed by atoms with Crippen LogP contribution in [0.4, 0.5) is 4.79 Å². The highest BCUT2D eigenvalue weighted by atomic mass is 32.2. The van der Waals surface area contributed by atoms with Gasteiger partial charge < -0.3 is 30.0 Å². The lowest BCUT2D eigenvalue weighted by Gasteiger charge is -2.41. The predicted octanol–water partition coefficient (Wildman–Crippen LogP) is 7.17. The summed E-state index contributed by atoms with van der Waals surface area (Å²) in [6.45, 7) is 4.33. The molecule has 1 fully saturated rings. The van der Waals surface area contributed by atoms with Gasteiger partial charge in [-0.05, 0) is 52.4 Å². The van der Waals surface area contributed by atoms with Crippen LogP contribution in [0.3, 0.4) is 0 Å². The number of hydrogen-bond acceptors (Lipinski definition) is 10. The molecular formula is C40H42N4O6S2. The van der Waals surface area contributed by atoms with Crippen LogP contribution in [0.1, 0.15) is 52.1 Å². The van der Waals surface area contributed by atoms with Gasteiger partial charge in [0.05, 0.1) is 25.9 Å². The van der Waals surface area contributed by atoms with E-state index in [1.54, 1.807) is 23.1 Å². The van der Waals surface area contributed by atoms with Crippen LogP contribution in [0.25, 0.3) is 11.1 Å². The van der Waals surface area contributed by atoms with Crippen LogP contribution >= 0.6 is 23.1 Å². The summed E-state index contributed by atoms with van der Waals surface area (Å²) < 4.78 is 19.2. The summed E-state index contributed by atoms with van der Waals surface area (Å²) in [4.78, 5) is 25.3. The lowest BCUT2D eigenvalue weighted by molar-refractivity contribution is -0.268. The number of carbonyl (C=O) groups is 2. The Morgan fingerprint density at radius 1 is 0.885 bits per heavy atom. The fourth-order valence-corrected chi connectivity index (χ4v) is 8.11. The third-order valence-electron chi connectivity index (χ3n) is 8.95. The molecule has 1 aliphatic heterocycles. The van der Waals surface area contributed by atoms with E-state index < -0.39 is 24.3 Å². The summed E-state index contributed by atoms with van der Waals surface area (Å²) in [5.41, 5.74) is 6.51. The number of nitrogens with zero attached hydrogens (tertiary/aromatic N) is 2. The first-order valence-electron chi connectivity index (χ1n) is 17.1. The van der Waals surface area contributed by atoms with Crippen LogP contribution in [0, 0.1) is 12.8 Å². The number of aliphatic hydroxyl groups is 1. The second kappa shape index (κ2) is 17.8. The molecule has 4 aromatic carbocycles. The molecule has 2 heterocycles. The lowest BCUT2D eigenvalue weighted by atomic mass is 9.91. The molecule has 270 valence electrons. The molecule has 2 amide bonds. The van der Waals surface area contributed by atoms with E-state index in [1.807, 2.05) is 104 Å². The third kappa shape index (κ3) is 9.64. The minimum atomic E-state index is -0.819. The number of ether oxygens (including phenoxy) is 3. The average molecular weight is 739 g/mol. The van der Waals surface area contributed by atoms with Crippen molar-refractivity contribution >= 4 is 35.1 Å². The van der Waals surface area contributed by atoms with E-state index in [2.05, 4.69) is 33.8 Å². The van der Waals surface area contributed by atoms with E-state index in [4.69, 9.17) is 14.2 Å². The summed E-state index contributed by atoms with van der Waals surface area (Å²) >= 11 is 3.21. The van der Waals surface area contributed by atoms with E-state index in [0.29, 0.717) is 12.2 Å². The van der Waals surface area contributed by atoms with Gasteiger partial charge in [0.2, 0.25) is 0 Å². The first kappa shape index (κ1) is 37.2. The lowest BCUT2D eigenvalue weighted by Crippen LogP contribution is -2.47. The highest BCUT2D eigenvalue weighted by molar-refractivity contribution is 8.01. The first-order chi connectivity index (χ1) is 25.3. The number of esters is 1. The largest absolute Gasteiger partial charge is 0.467 e. The maximum atomic E-state index is 12.9. The minimum Gasteiger partial charge on any atom is -0.467 e. The van der Waals surface area contributed by atoms with Crippen molar-refractivity contribution in [2.45, 2.75) is 62.3 Å². The third-order valence-corrected chi connectivity index (χ3v) is 11.0. The highest BCUT2D eigenvalue weighted by Crippen LogP contribution is 2.43. The fraction of sp³-hybridized carbons (Fsp3) is 0.300. The molecule has 0 radical (unpaired) electrons. The van der Waals surface area contributed by atoms with E-state index in [0.717, 1.165) is 48.3 Å². The topological polar surface area (TPSA) is 132 Å². The number of rotatable bonds is 13. The quantitative estimate of drug-likeness (QED) is 0.0850. The molecule has 3 N–H and O–H groups in total. The van der Waals surface area contributed by atoms with Gasteiger partial charge in [0.1, 0.15) is 11.0 Å². The van der Waals surface area contributed by atoms with Crippen molar-refractivity contribution in [3.8, 4) is 11.1 Å². The summed E-state index contributed by atoms with van der Waals surface area (Å²) in [5.74, 6) is 0.225. The van der Waals surface area contributed by atoms with E-state index >= 15 is 0 Å². The smallest absolute Gasteiger partial charge is 0.328 e. The van der Waals surface area contributed by atoms with E-state index in [9.17, 15) is 14.7 Å². The molecule has 12 heteroatoms. The molecule has 0 saturated carbocycles. The number of aromatic nitrogens is 2. The Kier molecular flexibility index (Phi) is 12.7. The van der Waals surface area contributed by atoms with Crippen molar-refractivity contribution in [2.24, 2.45) is 5.92 Å². The normalized spacial score (nSPS) is 19.1. The number of hydrogen-bond donors (Lipinski definition) is 3. The number of methoxy groups -OCH3 is 1. The van der Waals surface area contributed by atoms with Crippen LogP contribution in [0.15, 0.2) is 107 Å². The molecule has 1 saturated heterocycles. The zero-order valence-electron chi connectivity index (χ0n) is 29.2. The Bertz CT molecular complexity index is 1940. The number of urea groups is 1. The molecule has 6 rings (SSSR count). The summed E-state index contributed by atoms with van der Waals surface area (Å²) in [6.07, 6.45) is -0.665. The maximum Gasteiger partial charge on any atom is 0.328 e. The summed E-state index contributed by atoms with van der Waals surface area (Å²) in [7, 11) is 1.31. The van der Waals surface area contributed by atoms with Gasteiger partial charge in [0, 0.05) is 30.2 Å². The van der Waals surface area contributed by atoms with Gasteiger partial charge in [-0.3, -0.25) is 0 Å². The van der Waals surface area contributed by atoms with Crippen LogP contribution in [0.2, 0.25) is 0 Å². The maximum absolute atomic E-state index is 12.9. The highest BCUT2D eigenvalue weighted by Gasteiger charge is 2.38. The molecule has 0 spiro atoms. The summed E-state index contributed by atoms with van der Waals surface area (Å²) in [6, 6.07) is 32.1. The van der Waals surface area contributed by atoms with Gasteiger partial charge >= 0.3 is 12.0 Å². The molecule has 1 aromatic heterocycles. The zero-order valence-corrected chi connectivity index (χ0v) is 30.9. The van der Waals surface area contributed by atoms with Crippen LogP contribution < -0.4 is 10.6 Å². The molecular weight excluding hydrogens is 697 g/mol. The SMILES string of the molecule is COC(=O)[C@H](Cc1ccccc1)NC(=O)NCc1cccc(-c2cccc([C@@H]3O[C@H](CSc4nnc(C)s4)[C@H](C)[C@H](c4ccc(CO)cc4)O3)c2)c1. The number of aliphatic hydroxyl groups excluding tert-OH is 1. The number of benzene rings is 4. The number of carbonyl (C=O) groups excluding carboxylic acids is 2. The van der Waals surface area contributed by atoms with Gasteiger partial charge in [-0.25, -0.2) is 9.59 Å². The van der Waals surface area contributed by atoms with E-state index in [-0.39, 0.29) is 31.3 Å². The van der Waals surface area contributed by atoms with Crippen LogP contribution in [-0.2, 0) is 38.6 Å². The van der Waals surface area contributed by atoms with Gasteiger partial charge in [0.25, 0.3) is 0 Å². The van der Waals surface area contributed by atoms with E-state index in [1.165, 1.54) is 7.11 Å². The minimum absolute atomic E-state index is 0.0184. The van der Waals surface area contributed by atoms with Crippen molar-refractivity contribution in [2.75, 3.05) is 12.9 Å². The second-order valence-corrected chi connectivity index (χ2v) is 15.1. The predicted molar refractivity (Wildman–Crippen MR) is 202 cm³/mol. The van der Waals surface area contributed by atoms with Crippen molar-refractivity contribution in [3.05, 3.63) is 136 Å². The van der Waals surface area contributed by atoms with Gasteiger partial charge in [-0.2, -0.15) is 0 Å². The molecule has 1 aliphatic rings. The van der Waals surface area contributed by atoms with Crippen molar-refractivity contribution in [1.29, 1.82) is 0 Å². The van der Waals surface area contributed by atoms with Crippen molar-refractivity contribution in [1.82, 2.24) is 20.8 Å². The molecule has 5 aromatic rings. The Morgan fingerprint density at radius 2 is 1.62 bits per heavy atom. The first-order valence-corrected chi connectivity index (χ1v) is 18.9. The monoisotopic (exact) mass is 738 g/mol. The van der Waals surface area contributed by atoms with Crippen molar-refractivity contribution < 1.29 is 28.9 Å². The number of thioether (sulfide) groups is 1. The number of nitrogens with one attached hydrogen (secondary N) is 2. The van der Waals surface area contributed by atoms with Gasteiger partial charge in [-0.1, -0.05) is 121 Å². The van der Waals surface area contributed by atoms with Crippen molar-refractivity contribution in [3.63, 3.8) is 0 Å².